The van der Waals surface area contributed by atoms with Crippen molar-refractivity contribution in [2.45, 2.75) is 33.4 Å². The predicted molar refractivity (Wildman–Crippen MR) is 45.5 cm³/mol. The van der Waals surface area contributed by atoms with Gasteiger partial charge in [-0.25, -0.2) is 4.68 Å². The summed E-state index contributed by atoms with van der Waals surface area (Å²) in [6, 6.07) is 0.331. The molecule has 0 aromatic carbocycles. The molecule has 0 fully saturated rings. The van der Waals surface area contributed by atoms with Crippen LogP contribution in [-0.4, -0.2) is 20.1 Å². The van der Waals surface area contributed by atoms with Crippen molar-refractivity contribution in [3.8, 4) is 0 Å². The Morgan fingerprint density at radius 1 is 1.50 bits per heavy atom. The lowest BCUT2D eigenvalue weighted by Crippen LogP contribution is -2.11. The Kier molecular flexibility index (Phi) is 2.81. The molecule has 0 aliphatic heterocycles. The van der Waals surface area contributed by atoms with E-state index in [1.807, 2.05) is 0 Å². The van der Waals surface area contributed by atoms with Crippen molar-refractivity contribution in [3.63, 3.8) is 0 Å². The highest BCUT2D eigenvalue weighted by Crippen LogP contribution is 2.14. The smallest absolute Gasteiger partial charge is 0.108 e. The average molecular weight is 169 g/mol. The molecule has 1 N–H and O–H groups in total. The summed E-state index contributed by atoms with van der Waals surface area (Å²) in [6.45, 7) is 6.31. The number of nitrogens with zero attached hydrogens (tertiary/aromatic N) is 3. The molecule has 0 aliphatic rings. The molecule has 4 heteroatoms. The van der Waals surface area contributed by atoms with Crippen LogP contribution in [0.3, 0.4) is 0 Å². The van der Waals surface area contributed by atoms with E-state index < -0.39 is 0 Å². The minimum absolute atomic E-state index is 0.0369. The number of aromatic nitrogens is 3. The molecule has 0 radical (unpaired) electrons. The van der Waals surface area contributed by atoms with Gasteiger partial charge < -0.3 is 5.11 Å². The Balaban J connectivity index is 2.74. The lowest BCUT2D eigenvalue weighted by atomic mass is 10.1. The van der Waals surface area contributed by atoms with Gasteiger partial charge in [-0.05, 0) is 12.8 Å². The van der Waals surface area contributed by atoms with Crippen LogP contribution in [0.15, 0.2) is 6.20 Å². The van der Waals surface area contributed by atoms with E-state index in [1.54, 1.807) is 10.9 Å². The summed E-state index contributed by atoms with van der Waals surface area (Å²) in [7, 11) is 0. The number of aliphatic hydroxyl groups is 1. The summed E-state index contributed by atoms with van der Waals surface area (Å²) in [5.41, 5.74) is 0.627. The molecule has 0 amide bonds. The minimum atomic E-state index is -0.0369. The van der Waals surface area contributed by atoms with Gasteiger partial charge in [-0.15, -0.1) is 5.10 Å². The fraction of sp³-hybridized carbons (Fsp3) is 0.750. The highest BCUT2D eigenvalue weighted by Gasteiger charge is 2.10. The van der Waals surface area contributed by atoms with Gasteiger partial charge in [0, 0.05) is 0 Å². The Labute approximate surface area is 72.2 Å². The highest BCUT2D eigenvalue weighted by molar-refractivity contribution is 4.90. The topological polar surface area (TPSA) is 50.9 Å². The molecule has 0 saturated heterocycles. The van der Waals surface area contributed by atoms with E-state index in [1.165, 1.54) is 0 Å². The van der Waals surface area contributed by atoms with Gasteiger partial charge in [0.05, 0.1) is 18.8 Å². The summed E-state index contributed by atoms with van der Waals surface area (Å²) in [5.74, 6) is 0.526. The maximum absolute atomic E-state index is 8.76. The zero-order chi connectivity index (χ0) is 9.14. The molecule has 1 atom stereocenters. The second-order valence-corrected chi connectivity index (χ2v) is 3.33. The van der Waals surface area contributed by atoms with Crippen molar-refractivity contribution < 1.29 is 5.11 Å². The highest BCUT2D eigenvalue weighted by atomic mass is 16.3. The van der Waals surface area contributed by atoms with Crippen molar-refractivity contribution in [2.75, 3.05) is 0 Å². The van der Waals surface area contributed by atoms with Gasteiger partial charge in [0.25, 0.3) is 0 Å². The molecule has 0 aliphatic carbocycles. The van der Waals surface area contributed by atoms with Crippen LogP contribution >= 0.6 is 0 Å². The number of rotatable bonds is 3. The quantitative estimate of drug-likeness (QED) is 0.734. The van der Waals surface area contributed by atoms with E-state index in [0.29, 0.717) is 17.7 Å². The van der Waals surface area contributed by atoms with Gasteiger partial charge in [-0.1, -0.05) is 19.1 Å². The minimum Gasteiger partial charge on any atom is -0.390 e. The van der Waals surface area contributed by atoms with Crippen molar-refractivity contribution in [2.24, 2.45) is 5.92 Å². The summed E-state index contributed by atoms with van der Waals surface area (Å²) >= 11 is 0. The van der Waals surface area contributed by atoms with Crippen molar-refractivity contribution in [1.29, 1.82) is 0 Å². The standard InChI is InChI=1S/C8H15N3O/c1-6(2)7(3)11-4-8(5-12)9-10-11/h4,6-7,12H,5H2,1-3H3. The summed E-state index contributed by atoms with van der Waals surface area (Å²) in [6.07, 6.45) is 1.78. The van der Waals surface area contributed by atoms with E-state index in [9.17, 15) is 0 Å². The second kappa shape index (κ2) is 3.67. The number of aliphatic hydroxyl groups excluding tert-OH is 1. The summed E-state index contributed by atoms with van der Waals surface area (Å²) < 4.78 is 1.79. The van der Waals surface area contributed by atoms with Gasteiger partial charge in [0.15, 0.2) is 0 Å². The van der Waals surface area contributed by atoms with Crippen LogP contribution in [0.1, 0.15) is 32.5 Å². The first-order valence-electron chi connectivity index (χ1n) is 4.16. The lowest BCUT2D eigenvalue weighted by Gasteiger charge is -2.14. The molecule has 1 aromatic heterocycles. The van der Waals surface area contributed by atoms with Gasteiger partial charge in [0.1, 0.15) is 5.69 Å². The summed E-state index contributed by atoms with van der Waals surface area (Å²) in [4.78, 5) is 0. The molecule has 0 saturated carbocycles. The average Bonchev–Trinajstić information content (AvgIpc) is 2.50. The molecule has 1 rings (SSSR count). The van der Waals surface area contributed by atoms with Crippen LogP contribution in [0.2, 0.25) is 0 Å². The van der Waals surface area contributed by atoms with Crippen LogP contribution in [-0.2, 0) is 6.61 Å². The Morgan fingerprint density at radius 2 is 2.17 bits per heavy atom. The molecule has 0 bridgehead atoms. The van der Waals surface area contributed by atoms with E-state index >= 15 is 0 Å². The molecule has 1 unspecified atom stereocenters. The van der Waals surface area contributed by atoms with Crippen LogP contribution in [0, 0.1) is 5.92 Å². The SMILES string of the molecule is CC(C)C(C)n1cc(CO)nn1. The molecule has 4 nitrogen and oxygen atoms in total. The Hall–Kier alpha value is -0.900. The van der Waals surface area contributed by atoms with Crippen molar-refractivity contribution in [3.05, 3.63) is 11.9 Å². The molecular formula is C8H15N3O. The van der Waals surface area contributed by atoms with E-state index in [-0.39, 0.29) is 6.61 Å². The largest absolute Gasteiger partial charge is 0.390 e. The fourth-order valence-electron chi connectivity index (χ4n) is 0.890. The fourth-order valence-corrected chi connectivity index (χ4v) is 0.890. The third-order valence-electron chi connectivity index (χ3n) is 2.10. The first kappa shape index (κ1) is 9.19. The van der Waals surface area contributed by atoms with Gasteiger partial charge in [-0.3, -0.25) is 0 Å². The first-order chi connectivity index (χ1) is 5.65. The lowest BCUT2D eigenvalue weighted by molar-refractivity contribution is 0.276. The molecule has 68 valence electrons. The predicted octanol–water partition coefficient (Wildman–Crippen LogP) is 0.987. The Bertz CT molecular complexity index is 244. The second-order valence-electron chi connectivity index (χ2n) is 3.33. The zero-order valence-electron chi connectivity index (χ0n) is 7.73. The first-order valence-corrected chi connectivity index (χ1v) is 4.16. The summed E-state index contributed by atoms with van der Waals surface area (Å²) in [5, 5.41) is 16.5. The molecular weight excluding hydrogens is 154 g/mol. The van der Waals surface area contributed by atoms with Crippen molar-refractivity contribution in [1.82, 2.24) is 15.0 Å². The third-order valence-corrected chi connectivity index (χ3v) is 2.10. The monoisotopic (exact) mass is 169 g/mol. The molecule has 1 heterocycles. The van der Waals surface area contributed by atoms with Gasteiger partial charge in [0.2, 0.25) is 0 Å². The van der Waals surface area contributed by atoms with E-state index in [0.717, 1.165) is 0 Å². The maximum atomic E-state index is 8.76. The normalized spacial score (nSPS) is 13.8. The third kappa shape index (κ3) is 1.82. The van der Waals surface area contributed by atoms with E-state index in [4.69, 9.17) is 5.11 Å². The van der Waals surface area contributed by atoms with Crippen LogP contribution in [0.4, 0.5) is 0 Å². The van der Waals surface area contributed by atoms with Crippen LogP contribution in [0.25, 0.3) is 0 Å². The van der Waals surface area contributed by atoms with Gasteiger partial charge in [-0.2, -0.15) is 0 Å². The molecule has 1 aromatic rings. The van der Waals surface area contributed by atoms with E-state index in [2.05, 4.69) is 31.1 Å². The molecule has 12 heavy (non-hydrogen) atoms. The molecule has 0 spiro atoms. The zero-order valence-corrected chi connectivity index (χ0v) is 7.73. The van der Waals surface area contributed by atoms with Crippen LogP contribution in [0.5, 0.6) is 0 Å². The van der Waals surface area contributed by atoms with Crippen molar-refractivity contribution >= 4 is 0 Å². The van der Waals surface area contributed by atoms with Crippen LogP contribution < -0.4 is 0 Å². The van der Waals surface area contributed by atoms with Gasteiger partial charge >= 0.3 is 0 Å². The number of hydrogen-bond acceptors (Lipinski definition) is 3. The maximum Gasteiger partial charge on any atom is 0.108 e. The Morgan fingerprint density at radius 3 is 2.58 bits per heavy atom. The number of hydrogen-bond donors (Lipinski definition) is 1.